The third-order valence-corrected chi connectivity index (χ3v) is 5.11. The number of rotatable bonds is 5. The standard InChI is InChI=1S/C24H23BS/c1-3-18-4-10-21(24(25)15-18)11-7-19-5-8-20(9-6-19)22-12-13-23(16-26)17(2)14-22/h4-15,26H,3,16H2,1-2H3/b11-7+. The molecule has 3 rings (SSSR count). The van der Waals surface area contributed by atoms with E-state index in [1.165, 1.54) is 27.8 Å². The average Bonchev–Trinajstić information content (AvgIpc) is 2.67. The lowest BCUT2D eigenvalue weighted by Crippen LogP contribution is -2.07. The van der Waals surface area contributed by atoms with Crippen molar-refractivity contribution in [2.24, 2.45) is 0 Å². The molecule has 128 valence electrons. The predicted octanol–water partition coefficient (Wildman–Crippen LogP) is 5.62. The Bertz CT molecular complexity index is 923. The second kappa shape index (κ2) is 8.46. The van der Waals surface area contributed by atoms with Crippen molar-refractivity contribution in [1.29, 1.82) is 0 Å². The summed E-state index contributed by atoms with van der Waals surface area (Å²) in [5, 5.41) is 0. The smallest absolute Gasteiger partial charge is 0.114 e. The fourth-order valence-corrected chi connectivity index (χ4v) is 3.38. The zero-order valence-electron chi connectivity index (χ0n) is 15.4. The summed E-state index contributed by atoms with van der Waals surface area (Å²) in [5.41, 5.74) is 9.35. The first-order chi connectivity index (χ1) is 12.6. The van der Waals surface area contributed by atoms with Crippen molar-refractivity contribution >= 4 is 38.1 Å². The highest BCUT2D eigenvalue weighted by atomic mass is 32.1. The number of aryl methyl sites for hydroxylation is 2. The van der Waals surface area contributed by atoms with Crippen LogP contribution in [0.25, 0.3) is 23.3 Å². The molecule has 3 aromatic rings. The highest BCUT2D eigenvalue weighted by Crippen LogP contribution is 2.24. The molecular formula is C24H23BS. The van der Waals surface area contributed by atoms with Gasteiger partial charge in [0.1, 0.15) is 7.85 Å². The van der Waals surface area contributed by atoms with E-state index in [0.717, 1.165) is 28.8 Å². The zero-order valence-corrected chi connectivity index (χ0v) is 16.3. The molecule has 0 aromatic heterocycles. The van der Waals surface area contributed by atoms with Crippen molar-refractivity contribution in [2.75, 3.05) is 0 Å². The van der Waals surface area contributed by atoms with Crippen LogP contribution in [0.1, 0.15) is 34.7 Å². The Labute approximate surface area is 163 Å². The van der Waals surface area contributed by atoms with Crippen LogP contribution in [-0.2, 0) is 12.2 Å². The van der Waals surface area contributed by atoms with Gasteiger partial charge in [0.25, 0.3) is 0 Å². The monoisotopic (exact) mass is 354 g/mol. The maximum absolute atomic E-state index is 6.14. The molecule has 0 amide bonds. The van der Waals surface area contributed by atoms with E-state index in [4.69, 9.17) is 7.85 Å². The number of hydrogen-bond acceptors (Lipinski definition) is 1. The van der Waals surface area contributed by atoms with Crippen LogP contribution in [0.5, 0.6) is 0 Å². The summed E-state index contributed by atoms with van der Waals surface area (Å²) in [5.74, 6) is 0.776. The summed E-state index contributed by atoms with van der Waals surface area (Å²) in [6, 6.07) is 21.5. The Morgan fingerprint density at radius 1 is 0.885 bits per heavy atom. The average molecular weight is 354 g/mol. The van der Waals surface area contributed by atoms with E-state index >= 15 is 0 Å². The Morgan fingerprint density at radius 3 is 2.23 bits per heavy atom. The van der Waals surface area contributed by atoms with Gasteiger partial charge in [0.15, 0.2) is 0 Å². The zero-order chi connectivity index (χ0) is 18.5. The largest absolute Gasteiger partial charge is 0.175 e. The molecule has 0 aliphatic carbocycles. The summed E-state index contributed by atoms with van der Waals surface area (Å²) < 4.78 is 0. The van der Waals surface area contributed by atoms with Crippen LogP contribution >= 0.6 is 12.6 Å². The van der Waals surface area contributed by atoms with Crippen molar-refractivity contribution in [3.8, 4) is 11.1 Å². The molecule has 2 heteroatoms. The number of hydrogen-bond donors (Lipinski definition) is 1. The van der Waals surface area contributed by atoms with Crippen LogP contribution in [0.4, 0.5) is 0 Å². The van der Waals surface area contributed by atoms with E-state index in [2.05, 4.69) is 99.3 Å². The van der Waals surface area contributed by atoms with Crippen molar-refractivity contribution < 1.29 is 0 Å². The van der Waals surface area contributed by atoms with Crippen LogP contribution in [0.2, 0.25) is 0 Å². The van der Waals surface area contributed by atoms with Crippen molar-refractivity contribution in [3.63, 3.8) is 0 Å². The Hall–Kier alpha value is -2.19. The van der Waals surface area contributed by atoms with Gasteiger partial charge >= 0.3 is 0 Å². The highest BCUT2D eigenvalue weighted by molar-refractivity contribution is 7.79. The van der Waals surface area contributed by atoms with E-state index in [0.29, 0.717) is 0 Å². The van der Waals surface area contributed by atoms with Gasteiger partial charge < -0.3 is 0 Å². The van der Waals surface area contributed by atoms with Crippen molar-refractivity contribution in [3.05, 3.63) is 88.5 Å². The Balaban J connectivity index is 1.78. The molecule has 0 fully saturated rings. The van der Waals surface area contributed by atoms with Gasteiger partial charge in [-0.3, -0.25) is 0 Å². The first-order valence-corrected chi connectivity index (χ1v) is 9.61. The van der Waals surface area contributed by atoms with Crippen molar-refractivity contribution in [1.82, 2.24) is 0 Å². The molecule has 0 bridgehead atoms. The predicted molar refractivity (Wildman–Crippen MR) is 119 cm³/mol. The third-order valence-electron chi connectivity index (χ3n) is 4.77. The van der Waals surface area contributed by atoms with Crippen LogP contribution in [0.3, 0.4) is 0 Å². The quantitative estimate of drug-likeness (QED) is 0.343. The topological polar surface area (TPSA) is 0 Å². The van der Waals surface area contributed by atoms with Gasteiger partial charge in [0, 0.05) is 5.75 Å². The minimum Gasteiger partial charge on any atom is -0.175 e. The lowest BCUT2D eigenvalue weighted by Gasteiger charge is -2.07. The Morgan fingerprint density at radius 2 is 1.62 bits per heavy atom. The van der Waals surface area contributed by atoms with Crippen molar-refractivity contribution in [2.45, 2.75) is 26.0 Å². The molecule has 0 aliphatic rings. The molecule has 0 atom stereocenters. The molecule has 0 heterocycles. The molecule has 0 aliphatic heterocycles. The second-order valence-electron chi connectivity index (χ2n) is 6.57. The summed E-state index contributed by atoms with van der Waals surface area (Å²) in [6.45, 7) is 4.28. The van der Waals surface area contributed by atoms with E-state index in [-0.39, 0.29) is 0 Å². The molecule has 0 spiro atoms. The SMILES string of the molecule is [B]c1cc(CC)ccc1/C=C/c1ccc(-c2ccc(CS)c(C)c2)cc1. The first-order valence-electron chi connectivity index (χ1n) is 8.98. The normalized spacial score (nSPS) is 11.2. The van der Waals surface area contributed by atoms with Crippen LogP contribution < -0.4 is 5.46 Å². The van der Waals surface area contributed by atoms with Gasteiger partial charge in [-0.05, 0) is 52.3 Å². The fourth-order valence-electron chi connectivity index (χ4n) is 3.02. The molecule has 3 aromatic carbocycles. The van der Waals surface area contributed by atoms with Crippen LogP contribution in [-0.4, -0.2) is 7.85 Å². The van der Waals surface area contributed by atoms with Gasteiger partial charge in [-0.2, -0.15) is 12.6 Å². The van der Waals surface area contributed by atoms with Crippen LogP contribution in [0, 0.1) is 6.92 Å². The molecular weight excluding hydrogens is 331 g/mol. The van der Waals surface area contributed by atoms with E-state index in [9.17, 15) is 0 Å². The maximum atomic E-state index is 6.14. The minimum absolute atomic E-state index is 0.776. The van der Waals surface area contributed by atoms with Gasteiger partial charge in [-0.15, -0.1) is 0 Å². The second-order valence-corrected chi connectivity index (χ2v) is 6.89. The first kappa shape index (κ1) is 18.6. The summed E-state index contributed by atoms with van der Waals surface area (Å²) in [6.07, 6.45) is 5.19. The van der Waals surface area contributed by atoms with E-state index < -0.39 is 0 Å². The van der Waals surface area contributed by atoms with E-state index in [1.807, 2.05) is 0 Å². The van der Waals surface area contributed by atoms with Gasteiger partial charge in [0.05, 0.1) is 0 Å². The summed E-state index contributed by atoms with van der Waals surface area (Å²) >= 11 is 4.37. The van der Waals surface area contributed by atoms with E-state index in [1.54, 1.807) is 0 Å². The van der Waals surface area contributed by atoms with Gasteiger partial charge in [-0.1, -0.05) is 85.2 Å². The maximum Gasteiger partial charge on any atom is 0.114 e. The molecule has 0 saturated heterocycles. The lowest BCUT2D eigenvalue weighted by atomic mass is 9.88. The number of thiol groups is 1. The van der Waals surface area contributed by atoms with Gasteiger partial charge in [0.2, 0.25) is 0 Å². The number of benzene rings is 3. The molecule has 0 nitrogen and oxygen atoms in total. The third kappa shape index (κ3) is 4.31. The molecule has 0 N–H and O–H groups in total. The molecule has 2 radical (unpaired) electrons. The van der Waals surface area contributed by atoms with Gasteiger partial charge in [-0.25, -0.2) is 0 Å². The Kier molecular flexibility index (Phi) is 6.06. The lowest BCUT2D eigenvalue weighted by molar-refractivity contribution is 1.14. The molecule has 0 unspecified atom stereocenters. The van der Waals surface area contributed by atoms with Crippen LogP contribution in [0.15, 0.2) is 60.7 Å². The fraction of sp³-hybridized carbons (Fsp3) is 0.167. The molecule has 0 saturated carbocycles. The minimum atomic E-state index is 0.776. The molecule has 26 heavy (non-hydrogen) atoms. The summed E-state index contributed by atoms with van der Waals surface area (Å²) in [7, 11) is 6.14. The highest BCUT2D eigenvalue weighted by Gasteiger charge is 2.02. The summed E-state index contributed by atoms with van der Waals surface area (Å²) in [4.78, 5) is 0.